The van der Waals surface area contributed by atoms with E-state index in [0.29, 0.717) is 38.7 Å². The molecule has 0 radical (unpaired) electrons. The predicted octanol–water partition coefficient (Wildman–Crippen LogP) is 8.52. The molecule has 0 fully saturated rings. The summed E-state index contributed by atoms with van der Waals surface area (Å²) in [7, 11) is 1.57. The topological polar surface area (TPSA) is 59.9 Å². The summed E-state index contributed by atoms with van der Waals surface area (Å²) in [4.78, 5) is 19.3. The fourth-order valence-corrected chi connectivity index (χ4v) is 6.18. The second-order valence-electron chi connectivity index (χ2n) is 8.92. The summed E-state index contributed by atoms with van der Waals surface area (Å²) in [5, 5.41) is 4.77. The number of nitrogens with one attached hydrogen (secondary N) is 1. The molecule has 1 heterocycles. The molecule has 0 bridgehead atoms. The summed E-state index contributed by atoms with van der Waals surface area (Å²) in [5.41, 5.74) is 4.19. The van der Waals surface area contributed by atoms with E-state index in [1.165, 1.54) is 4.88 Å². The summed E-state index contributed by atoms with van der Waals surface area (Å²) < 4.78 is 11.5. The Balaban J connectivity index is 1.41. The molecule has 0 spiro atoms. The van der Waals surface area contributed by atoms with Crippen LogP contribution in [0.3, 0.4) is 0 Å². The molecule has 0 atom stereocenters. The van der Waals surface area contributed by atoms with Gasteiger partial charge in [0.05, 0.1) is 17.7 Å². The van der Waals surface area contributed by atoms with Gasteiger partial charge < -0.3 is 14.8 Å². The van der Waals surface area contributed by atoms with E-state index in [1.807, 2.05) is 60.7 Å². The van der Waals surface area contributed by atoms with Crippen molar-refractivity contribution in [3.05, 3.63) is 104 Å². The lowest BCUT2D eigenvalue weighted by Gasteiger charge is -2.13. The number of aliphatic imine (C=N–C) groups is 1. The van der Waals surface area contributed by atoms with Gasteiger partial charge in [0, 0.05) is 21.8 Å². The highest BCUT2D eigenvalue weighted by atomic mass is 35.5. The van der Waals surface area contributed by atoms with Gasteiger partial charge in [0.15, 0.2) is 11.5 Å². The SMILES string of the molecule is COc1cc(C=Nc2sc3c(c2C(=O)Nc2ccccc2)CCCC3)cc(Cl)c1OCc1cccc(Cl)c1. The van der Waals surface area contributed by atoms with Crippen LogP contribution in [0.5, 0.6) is 11.5 Å². The van der Waals surface area contributed by atoms with E-state index >= 15 is 0 Å². The highest BCUT2D eigenvalue weighted by molar-refractivity contribution is 7.16. The zero-order valence-electron chi connectivity index (χ0n) is 20.8. The maximum atomic E-state index is 13.3. The molecule has 0 saturated carbocycles. The normalized spacial score (nSPS) is 12.8. The number of para-hydroxylation sites is 1. The number of hydrogen-bond donors (Lipinski definition) is 1. The van der Waals surface area contributed by atoms with E-state index in [9.17, 15) is 4.79 Å². The van der Waals surface area contributed by atoms with Crippen LogP contribution in [-0.2, 0) is 19.4 Å². The van der Waals surface area contributed by atoms with Gasteiger partial charge in [0.1, 0.15) is 11.6 Å². The van der Waals surface area contributed by atoms with Gasteiger partial charge in [0.2, 0.25) is 0 Å². The number of methoxy groups -OCH3 is 1. The Hall–Kier alpha value is -3.32. The number of benzene rings is 3. The third-order valence-electron chi connectivity index (χ3n) is 6.27. The summed E-state index contributed by atoms with van der Waals surface area (Å²) in [6, 6.07) is 20.5. The fraction of sp³-hybridized carbons (Fsp3) is 0.200. The van der Waals surface area contributed by atoms with Crippen molar-refractivity contribution in [3.8, 4) is 11.5 Å². The van der Waals surface area contributed by atoms with Crippen LogP contribution in [-0.4, -0.2) is 19.2 Å². The van der Waals surface area contributed by atoms with Crippen molar-refractivity contribution in [1.29, 1.82) is 0 Å². The molecular weight excluding hydrogens is 539 g/mol. The zero-order valence-corrected chi connectivity index (χ0v) is 23.1. The quantitative estimate of drug-likeness (QED) is 0.218. The van der Waals surface area contributed by atoms with Gasteiger partial charge in [-0.25, -0.2) is 4.99 Å². The Labute approximate surface area is 236 Å². The molecule has 0 aliphatic heterocycles. The third kappa shape index (κ3) is 6.04. The molecule has 1 aliphatic carbocycles. The predicted molar refractivity (Wildman–Crippen MR) is 156 cm³/mol. The number of anilines is 1. The first-order chi connectivity index (χ1) is 18.5. The average Bonchev–Trinajstić information content (AvgIpc) is 3.30. The second-order valence-corrected chi connectivity index (χ2v) is 10.8. The number of carbonyl (C=O) groups excluding carboxylic acids is 1. The molecular formula is C30H26Cl2N2O3S. The van der Waals surface area contributed by atoms with Gasteiger partial charge in [0.25, 0.3) is 5.91 Å². The highest BCUT2D eigenvalue weighted by Crippen LogP contribution is 2.41. The van der Waals surface area contributed by atoms with Crippen molar-refractivity contribution >= 4 is 57.3 Å². The Bertz CT molecular complexity index is 1480. The maximum absolute atomic E-state index is 13.3. The number of rotatable bonds is 8. The van der Waals surface area contributed by atoms with E-state index in [-0.39, 0.29) is 5.91 Å². The number of fused-ring (bicyclic) bond motifs is 1. The van der Waals surface area contributed by atoms with Crippen molar-refractivity contribution < 1.29 is 14.3 Å². The van der Waals surface area contributed by atoms with Crippen LogP contribution in [0.1, 0.15) is 44.8 Å². The molecule has 0 saturated heterocycles. The molecule has 1 aliphatic rings. The molecule has 38 heavy (non-hydrogen) atoms. The monoisotopic (exact) mass is 564 g/mol. The number of nitrogens with zero attached hydrogens (tertiary/aromatic N) is 1. The van der Waals surface area contributed by atoms with E-state index < -0.39 is 0 Å². The second kappa shape index (κ2) is 12.0. The molecule has 0 unspecified atom stereocenters. The van der Waals surface area contributed by atoms with Gasteiger partial charge in [-0.15, -0.1) is 11.3 Å². The molecule has 1 aromatic heterocycles. The summed E-state index contributed by atoms with van der Waals surface area (Å²) in [5.74, 6) is 0.803. The Kier molecular flexibility index (Phi) is 8.32. The third-order valence-corrected chi connectivity index (χ3v) is 7.98. The van der Waals surface area contributed by atoms with E-state index in [4.69, 9.17) is 37.7 Å². The number of halogens is 2. The van der Waals surface area contributed by atoms with Crippen LogP contribution in [0.25, 0.3) is 0 Å². The maximum Gasteiger partial charge on any atom is 0.259 e. The van der Waals surface area contributed by atoms with Crippen LogP contribution in [0.15, 0.2) is 71.7 Å². The zero-order chi connectivity index (χ0) is 26.5. The van der Waals surface area contributed by atoms with Gasteiger partial charge in [-0.1, -0.05) is 53.5 Å². The molecule has 194 valence electrons. The number of amides is 1. The number of carbonyl (C=O) groups is 1. The van der Waals surface area contributed by atoms with E-state index in [0.717, 1.165) is 48.1 Å². The van der Waals surface area contributed by atoms with Crippen LogP contribution < -0.4 is 14.8 Å². The average molecular weight is 566 g/mol. The van der Waals surface area contributed by atoms with Crippen molar-refractivity contribution in [2.75, 3.05) is 12.4 Å². The molecule has 4 aromatic rings. The fourth-order valence-electron chi connectivity index (χ4n) is 4.46. The summed E-state index contributed by atoms with van der Waals surface area (Å²) in [6.07, 6.45) is 5.77. The van der Waals surface area contributed by atoms with Crippen LogP contribution in [0, 0.1) is 0 Å². The van der Waals surface area contributed by atoms with Crippen molar-refractivity contribution in [3.63, 3.8) is 0 Å². The standard InChI is InChI=1S/C30H26Cl2N2O3S/c1-36-25-16-20(15-24(32)28(25)37-18-19-8-7-9-21(31)14-19)17-33-30-27(23-12-5-6-13-26(23)38-30)29(35)34-22-10-3-2-4-11-22/h2-4,7-11,14-17H,5-6,12-13,18H2,1H3,(H,34,35). The lowest BCUT2D eigenvalue weighted by molar-refractivity contribution is 0.102. The Morgan fingerprint density at radius 2 is 1.87 bits per heavy atom. The minimum Gasteiger partial charge on any atom is -0.493 e. The molecule has 5 rings (SSSR count). The number of hydrogen-bond acceptors (Lipinski definition) is 5. The molecule has 5 nitrogen and oxygen atoms in total. The van der Waals surface area contributed by atoms with Crippen molar-refractivity contribution in [2.24, 2.45) is 4.99 Å². The van der Waals surface area contributed by atoms with Gasteiger partial charge >= 0.3 is 0 Å². The summed E-state index contributed by atoms with van der Waals surface area (Å²) in [6.45, 7) is 0.296. The minimum absolute atomic E-state index is 0.136. The van der Waals surface area contributed by atoms with Gasteiger partial charge in [-0.05, 0) is 78.8 Å². The van der Waals surface area contributed by atoms with Gasteiger partial charge in [-0.3, -0.25) is 4.79 Å². The first-order valence-corrected chi connectivity index (χ1v) is 13.9. The molecule has 1 amide bonds. The first-order valence-electron chi connectivity index (χ1n) is 12.3. The Morgan fingerprint density at radius 3 is 2.66 bits per heavy atom. The molecule has 8 heteroatoms. The molecule has 3 aromatic carbocycles. The smallest absolute Gasteiger partial charge is 0.259 e. The van der Waals surface area contributed by atoms with Crippen molar-refractivity contribution in [1.82, 2.24) is 0 Å². The lowest BCUT2D eigenvalue weighted by Crippen LogP contribution is -2.14. The lowest BCUT2D eigenvalue weighted by atomic mass is 9.95. The van der Waals surface area contributed by atoms with Crippen LogP contribution in [0.4, 0.5) is 10.7 Å². The largest absolute Gasteiger partial charge is 0.493 e. The van der Waals surface area contributed by atoms with E-state index in [1.54, 1.807) is 30.7 Å². The number of aryl methyl sites for hydroxylation is 1. The van der Waals surface area contributed by atoms with Crippen molar-refractivity contribution in [2.45, 2.75) is 32.3 Å². The van der Waals surface area contributed by atoms with Gasteiger partial charge in [-0.2, -0.15) is 0 Å². The Morgan fingerprint density at radius 1 is 1.05 bits per heavy atom. The molecule has 1 N–H and O–H groups in total. The number of thiophene rings is 1. The highest BCUT2D eigenvalue weighted by Gasteiger charge is 2.25. The minimum atomic E-state index is -0.136. The number of ether oxygens (including phenoxy) is 2. The van der Waals surface area contributed by atoms with E-state index in [2.05, 4.69) is 5.32 Å². The summed E-state index contributed by atoms with van der Waals surface area (Å²) >= 11 is 14.3. The van der Waals surface area contributed by atoms with Crippen LogP contribution >= 0.6 is 34.5 Å². The van der Waals surface area contributed by atoms with Crippen LogP contribution in [0.2, 0.25) is 10.0 Å². The first kappa shape index (κ1) is 26.3.